The molecule has 3 nitrogen and oxygen atoms in total. The maximum Gasteiger partial charge on any atom is 0.200 e. The van der Waals surface area contributed by atoms with Gasteiger partial charge >= 0.3 is 0 Å². The van der Waals surface area contributed by atoms with Crippen LogP contribution in [0.3, 0.4) is 0 Å². The highest BCUT2D eigenvalue weighted by atomic mass is 16.3. The Morgan fingerprint density at radius 3 is 1.71 bits per heavy atom. The van der Waals surface area contributed by atoms with Crippen LogP contribution in [-0.2, 0) is 0 Å². The van der Waals surface area contributed by atoms with Crippen molar-refractivity contribution in [2.24, 2.45) is 0 Å². The topological polar surface area (TPSA) is 60.7 Å². The van der Waals surface area contributed by atoms with Gasteiger partial charge in [-0.2, -0.15) is 0 Å². The number of aromatic hydroxyl groups is 3. The molecule has 3 rings (SSSR count). The first-order chi connectivity index (χ1) is 10.2. The predicted octanol–water partition coefficient (Wildman–Crippen LogP) is 4.14. The van der Waals surface area contributed by atoms with E-state index in [9.17, 15) is 15.3 Å². The van der Waals surface area contributed by atoms with E-state index in [0.29, 0.717) is 5.56 Å². The van der Waals surface area contributed by atoms with E-state index < -0.39 is 5.75 Å². The van der Waals surface area contributed by atoms with Crippen LogP contribution in [0.25, 0.3) is 22.3 Å². The Morgan fingerprint density at radius 1 is 0.476 bits per heavy atom. The zero-order valence-electron chi connectivity index (χ0n) is 11.2. The quantitative estimate of drug-likeness (QED) is 0.617. The van der Waals surface area contributed by atoms with E-state index in [1.54, 1.807) is 6.07 Å². The van der Waals surface area contributed by atoms with E-state index in [-0.39, 0.29) is 11.5 Å². The molecule has 0 unspecified atom stereocenters. The summed E-state index contributed by atoms with van der Waals surface area (Å²) in [6.07, 6.45) is 0. The largest absolute Gasteiger partial charge is 0.504 e. The third-order valence-corrected chi connectivity index (χ3v) is 3.43. The van der Waals surface area contributed by atoms with Crippen molar-refractivity contribution in [2.75, 3.05) is 0 Å². The molecule has 0 radical (unpaired) electrons. The first-order valence-electron chi connectivity index (χ1n) is 6.56. The van der Waals surface area contributed by atoms with Crippen LogP contribution in [-0.4, -0.2) is 15.3 Å². The molecule has 0 aliphatic heterocycles. The van der Waals surface area contributed by atoms with Crippen LogP contribution in [0.1, 0.15) is 0 Å². The standard InChI is InChI=1S/C18H14O3/c19-16-11-10-15(17(20)18(16)21)14-8-6-13(7-9-14)12-4-2-1-3-5-12/h1-11,19-21H. The summed E-state index contributed by atoms with van der Waals surface area (Å²) in [5.41, 5.74) is 3.43. The number of phenolic OH excluding ortho intramolecular Hbond substituents is 3. The summed E-state index contributed by atoms with van der Waals surface area (Å²) in [5.74, 6) is -1.15. The Balaban J connectivity index is 2.01. The van der Waals surface area contributed by atoms with Crippen molar-refractivity contribution in [3.05, 3.63) is 66.7 Å². The van der Waals surface area contributed by atoms with E-state index in [1.165, 1.54) is 6.07 Å². The Labute approximate surface area is 122 Å². The van der Waals surface area contributed by atoms with Crippen LogP contribution >= 0.6 is 0 Å². The molecular weight excluding hydrogens is 264 g/mol. The first kappa shape index (κ1) is 13.1. The fraction of sp³-hybridized carbons (Fsp3) is 0. The lowest BCUT2D eigenvalue weighted by atomic mass is 9.99. The number of phenols is 3. The second kappa shape index (κ2) is 5.21. The van der Waals surface area contributed by atoms with Gasteiger partial charge in [0.15, 0.2) is 11.5 Å². The van der Waals surface area contributed by atoms with Gasteiger partial charge in [-0.25, -0.2) is 0 Å². The van der Waals surface area contributed by atoms with E-state index in [0.717, 1.165) is 16.7 Å². The maximum absolute atomic E-state index is 9.91. The molecule has 0 aliphatic rings. The summed E-state index contributed by atoms with van der Waals surface area (Å²) in [5, 5.41) is 28.8. The summed E-state index contributed by atoms with van der Waals surface area (Å²) in [7, 11) is 0. The van der Waals surface area contributed by atoms with Gasteiger partial charge in [-0.1, -0.05) is 54.6 Å². The summed E-state index contributed by atoms with van der Waals surface area (Å²) in [6.45, 7) is 0. The molecule has 0 spiro atoms. The minimum absolute atomic E-state index is 0.317. The molecule has 0 heterocycles. The number of hydrogen-bond acceptors (Lipinski definition) is 3. The summed E-state index contributed by atoms with van der Waals surface area (Å²) >= 11 is 0. The van der Waals surface area contributed by atoms with Gasteiger partial charge in [0.1, 0.15) is 0 Å². The third-order valence-electron chi connectivity index (χ3n) is 3.43. The lowest BCUT2D eigenvalue weighted by molar-refractivity contribution is 0.369. The van der Waals surface area contributed by atoms with Crippen LogP contribution in [0.4, 0.5) is 0 Å². The second-order valence-corrected chi connectivity index (χ2v) is 4.77. The van der Waals surface area contributed by atoms with Crippen LogP contribution in [0.15, 0.2) is 66.7 Å². The van der Waals surface area contributed by atoms with Crippen molar-refractivity contribution in [3.8, 4) is 39.5 Å². The molecule has 0 atom stereocenters. The Hall–Kier alpha value is -2.94. The molecule has 0 fully saturated rings. The number of rotatable bonds is 2. The van der Waals surface area contributed by atoms with Crippen LogP contribution in [0.2, 0.25) is 0 Å². The van der Waals surface area contributed by atoms with Crippen molar-refractivity contribution >= 4 is 0 Å². The van der Waals surface area contributed by atoms with Crippen molar-refractivity contribution in [1.82, 2.24) is 0 Å². The van der Waals surface area contributed by atoms with E-state index >= 15 is 0 Å². The highest BCUT2D eigenvalue weighted by molar-refractivity contribution is 5.77. The van der Waals surface area contributed by atoms with Crippen LogP contribution < -0.4 is 0 Å². The van der Waals surface area contributed by atoms with Gasteiger partial charge in [-0.05, 0) is 28.8 Å². The normalized spacial score (nSPS) is 10.5. The monoisotopic (exact) mass is 278 g/mol. The van der Waals surface area contributed by atoms with Crippen LogP contribution in [0, 0.1) is 0 Å². The molecule has 0 amide bonds. The van der Waals surface area contributed by atoms with E-state index in [2.05, 4.69) is 0 Å². The predicted molar refractivity (Wildman–Crippen MR) is 82.3 cm³/mol. The molecule has 0 aromatic heterocycles. The SMILES string of the molecule is Oc1ccc(-c2ccc(-c3ccccc3)cc2)c(O)c1O. The fourth-order valence-electron chi connectivity index (χ4n) is 2.27. The van der Waals surface area contributed by atoms with Crippen molar-refractivity contribution in [1.29, 1.82) is 0 Å². The highest BCUT2D eigenvalue weighted by Gasteiger charge is 2.12. The fourth-order valence-corrected chi connectivity index (χ4v) is 2.27. The molecule has 21 heavy (non-hydrogen) atoms. The van der Waals surface area contributed by atoms with E-state index in [4.69, 9.17) is 0 Å². The molecule has 3 heteroatoms. The average Bonchev–Trinajstić information content (AvgIpc) is 2.54. The smallest absolute Gasteiger partial charge is 0.200 e. The maximum atomic E-state index is 9.91. The minimum Gasteiger partial charge on any atom is -0.504 e. The van der Waals surface area contributed by atoms with Gasteiger partial charge in [0, 0.05) is 5.56 Å². The van der Waals surface area contributed by atoms with Gasteiger partial charge in [0.25, 0.3) is 0 Å². The molecule has 0 saturated carbocycles. The molecule has 3 aromatic rings. The average molecular weight is 278 g/mol. The van der Waals surface area contributed by atoms with Gasteiger partial charge in [-0.15, -0.1) is 0 Å². The first-order valence-corrected chi connectivity index (χ1v) is 6.56. The third kappa shape index (κ3) is 2.41. The van der Waals surface area contributed by atoms with Crippen LogP contribution in [0.5, 0.6) is 17.2 Å². The lowest BCUT2D eigenvalue weighted by Gasteiger charge is -2.09. The summed E-state index contributed by atoms with van der Waals surface area (Å²) < 4.78 is 0. The Bertz CT molecular complexity index is 762. The van der Waals surface area contributed by atoms with Crippen molar-refractivity contribution in [3.63, 3.8) is 0 Å². The van der Waals surface area contributed by atoms with Gasteiger partial charge in [0.05, 0.1) is 0 Å². The minimum atomic E-state index is -0.500. The van der Waals surface area contributed by atoms with Gasteiger partial charge in [0.2, 0.25) is 5.75 Å². The van der Waals surface area contributed by atoms with Gasteiger partial charge in [-0.3, -0.25) is 0 Å². The number of hydrogen-bond donors (Lipinski definition) is 3. The Morgan fingerprint density at radius 2 is 1.05 bits per heavy atom. The number of benzene rings is 3. The molecule has 3 aromatic carbocycles. The molecule has 104 valence electrons. The molecule has 0 bridgehead atoms. The van der Waals surface area contributed by atoms with Gasteiger partial charge < -0.3 is 15.3 Å². The highest BCUT2D eigenvalue weighted by Crippen LogP contribution is 2.42. The second-order valence-electron chi connectivity index (χ2n) is 4.77. The summed E-state index contributed by atoms with van der Waals surface area (Å²) in [6, 6.07) is 20.5. The van der Waals surface area contributed by atoms with Crippen molar-refractivity contribution in [2.45, 2.75) is 0 Å². The lowest BCUT2D eigenvalue weighted by Crippen LogP contribution is -1.82. The zero-order valence-corrected chi connectivity index (χ0v) is 11.2. The molecule has 3 N–H and O–H groups in total. The molecule has 0 aliphatic carbocycles. The summed E-state index contributed by atoms with van der Waals surface area (Å²) in [4.78, 5) is 0. The zero-order chi connectivity index (χ0) is 14.8. The molecular formula is C18H14O3. The van der Waals surface area contributed by atoms with Crippen molar-refractivity contribution < 1.29 is 15.3 Å². The molecule has 0 saturated heterocycles. The van der Waals surface area contributed by atoms with E-state index in [1.807, 2.05) is 54.6 Å². The Kier molecular flexibility index (Phi) is 3.24.